The Kier molecular flexibility index (Phi) is 5.48. The minimum absolute atomic E-state index is 0.289. The molecule has 0 amide bonds. The number of carbonyl (C=O) groups excluding carboxylic acids is 1. The molecule has 0 bridgehead atoms. The van der Waals surface area contributed by atoms with Crippen molar-refractivity contribution in [1.82, 2.24) is 0 Å². The molecule has 0 aliphatic carbocycles. The molecular weight excluding hydrogens is 182 g/mol. The number of nitrogens with two attached hydrogens (primary N) is 1. The number of carboxylic acid groups (broad SMARTS) is 1. The number of hydrogen-bond acceptors (Lipinski definition) is 5. The van der Waals surface area contributed by atoms with Gasteiger partial charge in [-0.2, -0.15) is 0 Å². The van der Waals surface area contributed by atoms with Gasteiger partial charge in [-0.1, -0.05) is 6.92 Å². The zero-order valence-corrected chi connectivity index (χ0v) is 7.47. The molecule has 0 saturated carbocycles. The van der Waals surface area contributed by atoms with E-state index in [0.717, 1.165) is 12.0 Å². The monoisotopic (exact) mass is 193 g/mol. The molecule has 1 atom stereocenters. The van der Waals surface area contributed by atoms with E-state index in [0.29, 0.717) is 5.75 Å². The molecule has 0 aromatic rings. The molecule has 0 fully saturated rings. The summed E-state index contributed by atoms with van der Waals surface area (Å²) < 4.78 is 4.55. The molecule has 0 rings (SSSR count). The van der Waals surface area contributed by atoms with Gasteiger partial charge in [0.15, 0.2) is 0 Å². The molecule has 0 unspecified atom stereocenters. The van der Waals surface area contributed by atoms with Crippen LogP contribution in [0.4, 0.5) is 0 Å². The minimum atomic E-state index is -1.20. The lowest BCUT2D eigenvalue weighted by Gasteiger charge is -2.04. The number of rotatable bonds is 5. The van der Waals surface area contributed by atoms with E-state index in [4.69, 9.17) is 10.8 Å². The second-order valence-electron chi connectivity index (χ2n) is 2.01. The summed E-state index contributed by atoms with van der Waals surface area (Å²) in [4.78, 5) is 20.9. The van der Waals surface area contributed by atoms with Crippen LogP contribution in [0.25, 0.3) is 0 Å². The summed E-state index contributed by atoms with van der Waals surface area (Å²) in [6.07, 6.45) is -0.289. The van der Waals surface area contributed by atoms with Crippen molar-refractivity contribution in [1.29, 1.82) is 0 Å². The molecular formula is C6H11NO4S. The summed E-state index contributed by atoms with van der Waals surface area (Å²) in [6.45, 7) is 1.81. The van der Waals surface area contributed by atoms with E-state index in [9.17, 15) is 9.59 Å². The van der Waals surface area contributed by atoms with Crippen LogP contribution < -0.4 is 5.73 Å². The third-order valence-corrected chi connectivity index (χ3v) is 1.51. The highest BCUT2D eigenvalue weighted by molar-refractivity contribution is 7.95. The Morgan fingerprint density at radius 1 is 1.67 bits per heavy atom. The Hall–Kier alpha value is -0.750. The molecule has 0 spiro atoms. The van der Waals surface area contributed by atoms with Crippen LogP contribution in [0.2, 0.25) is 0 Å². The fraction of sp³-hybridized carbons (Fsp3) is 0.667. The molecule has 0 heterocycles. The zero-order valence-electron chi connectivity index (χ0n) is 6.65. The van der Waals surface area contributed by atoms with Gasteiger partial charge in [0.05, 0.1) is 18.5 Å². The standard InChI is InChI=1S/C6H11NO4S/c1-2-12-11-5(8)3-4(7)6(9)10/h4H,2-3,7H2,1H3,(H,9,10)/t4-/m0/s1. The molecule has 0 aliphatic rings. The fourth-order valence-corrected chi connectivity index (χ4v) is 0.743. The smallest absolute Gasteiger partial charge is 0.321 e. The highest BCUT2D eigenvalue weighted by Crippen LogP contribution is 2.04. The van der Waals surface area contributed by atoms with Crippen molar-refractivity contribution in [3.63, 3.8) is 0 Å². The molecule has 5 nitrogen and oxygen atoms in total. The molecule has 12 heavy (non-hydrogen) atoms. The molecule has 70 valence electrons. The predicted molar refractivity (Wildman–Crippen MR) is 44.5 cm³/mol. The second-order valence-corrected chi connectivity index (χ2v) is 2.99. The van der Waals surface area contributed by atoms with Gasteiger partial charge < -0.3 is 15.0 Å². The Morgan fingerprint density at radius 2 is 2.25 bits per heavy atom. The van der Waals surface area contributed by atoms with Crippen molar-refractivity contribution in [3.8, 4) is 0 Å². The summed E-state index contributed by atoms with van der Waals surface area (Å²) >= 11 is 0.972. The van der Waals surface area contributed by atoms with Gasteiger partial charge in [0.2, 0.25) is 0 Å². The topological polar surface area (TPSA) is 89.6 Å². The van der Waals surface area contributed by atoms with Gasteiger partial charge in [-0.05, 0) is 0 Å². The van der Waals surface area contributed by atoms with Crippen LogP contribution in [0.15, 0.2) is 0 Å². The Balaban J connectivity index is 3.61. The predicted octanol–water partition coefficient (Wildman–Crippen LogP) is -0.000300. The second kappa shape index (κ2) is 5.84. The highest BCUT2D eigenvalue weighted by Gasteiger charge is 2.17. The number of aliphatic carboxylic acids is 1. The maximum absolute atomic E-state index is 10.7. The van der Waals surface area contributed by atoms with Gasteiger partial charge in [0.25, 0.3) is 0 Å². The van der Waals surface area contributed by atoms with Crippen molar-refractivity contribution in [2.75, 3.05) is 5.75 Å². The van der Waals surface area contributed by atoms with Crippen molar-refractivity contribution in [2.24, 2.45) is 5.73 Å². The lowest BCUT2D eigenvalue weighted by atomic mass is 10.2. The van der Waals surface area contributed by atoms with E-state index in [1.54, 1.807) is 0 Å². The number of carboxylic acids is 1. The van der Waals surface area contributed by atoms with Crippen LogP contribution >= 0.6 is 12.0 Å². The lowest BCUT2D eigenvalue weighted by molar-refractivity contribution is -0.143. The fourth-order valence-electron chi connectivity index (χ4n) is 0.426. The van der Waals surface area contributed by atoms with Crippen LogP contribution in [-0.4, -0.2) is 28.8 Å². The van der Waals surface area contributed by atoms with E-state index in [-0.39, 0.29) is 6.42 Å². The molecule has 0 radical (unpaired) electrons. The number of hydrogen-bond donors (Lipinski definition) is 2. The average Bonchev–Trinajstić information content (AvgIpc) is 2.00. The van der Waals surface area contributed by atoms with Gasteiger partial charge in [-0.15, -0.1) is 0 Å². The lowest BCUT2D eigenvalue weighted by Crippen LogP contribution is -2.32. The first-order chi connectivity index (χ1) is 5.57. The van der Waals surface area contributed by atoms with Crippen LogP contribution in [-0.2, 0) is 13.8 Å². The van der Waals surface area contributed by atoms with E-state index in [2.05, 4.69) is 4.18 Å². The molecule has 0 saturated heterocycles. The van der Waals surface area contributed by atoms with Gasteiger partial charge in [-0.25, -0.2) is 0 Å². The maximum Gasteiger partial charge on any atom is 0.321 e. The van der Waals surface area contributed by atoms with Crippen LogP contribution in [0, 0.1) is 0 Å². The quantitative estimate of drug-likeness (QED) is 0.597. The van der Waals surface area contributed by atoms with Crippen molar-refractivity contribution >= 4 is 24.0 Å². The van der Waals surface area contributed by atoms with Crippen LogP contribution in [0.3, 0.4) is 0 Å². The maximum atomic E-state index is 10.7. The Morgan fingerprint density at radius 3 is 2.67 bits per heavy atom. The van der Waals surface area contributed by atoms with Crippen molar-refractivity contribution in [3.05, 3.63) is 0 Å². The van der Waals surface area contributed by atoms with Gasteiger partial charge >= 0.3 is 11.9 Å². The summed E-state index contributed by atoms with van der Waals surface area (Å²) in [5.74, 6) is -1.17. The molecule has 0 aromatic carbocycles. The van der Waals surface area contributed by atoms with Crippen LogP contribution in [0.5, 0.6) is 0 Å². The highest BCUT2D eigenvalue weighted by atomic mass is 32.2. The Bertz CT molecular complexity index is 173. The first kappa shape index (κ1) is 11.2. The third kappa shape index (κ3) is 4.97. The third-order valence-electron chi connectivity index (χ3n) is 0.974. The largest absolute Gasteiger partial charge is 0.480 e. The van der Waals surface area contributed by atoms with Gasteiger partial charge in [0, 0.05) is 5.75 Å². The molecule has 0 aromatic heterocycles. The summed E-state index contributed by atoms with van der Waals surface area (Å²) in [5.41, 5.74) is 5.08. The molecule has 0 aliphatic heterocycles. The summed E-state index contributed by atoms with van der Waals surface area (Å²) in [7, 11) is 0. The van der Waals surface area contributed by atoms with Crippen molar-refractivity contribution in [2.45, 2.75) is 19.4 Å². The zero-order chi connectivity index (χ0) is 9.56. The average molecular weight is 193 g/mol. The van der Waals surface area contributed by atoms with Crippen LogP contribution in [0.1, 0.15) is 13.3 Å². The molecule has 6 heteroatoms. The van der Waals surface area contributed by atoms with Gasteiger partial charge in [-0.3, -0.25) is 9.59 Å². The van der Waals surface area contributed by atoms with E-state index in [1.165, 1.54) is 0 Å². The van der Waals surface area contributed by atoms with E-state index in [1.807, 2.05) is 6.92 Å². The summed E-state index contributed by atoms with van der Waals surface area (Å²) in [5, 5.41) is 8.32. The normalized spacial score (nSPS) is 12.2. The van der Waals surface area contributed by atoms with Gasteiger partial charge in [0.1, 0.15) is 6.04 Å². The molecule has 3 N–H and O–H groups in total. The SMILES string of the molecule is CCSOC(=O)C[C@H](N)C(=O)O. The number of carbonyl (C=O) groups is 2. The summed E-state index contributed by atoms with van der Waals surface area (Å²) in [6, 6.07) is -1.17. The Labute approximate surface area is 74.5 Å². The first-order valence-corrected chi connectivity index (χ1v) is 4.29. The minimum Gasteiger partial charge on any atom is -0.480 e. The van der Waals surface area contributed by atoms with E-state index < -0.39 is 18.0 Å². The van der Waals surface area contributed by atoms with Crippen molar-refractivity contribution < 1.29 is 18.9 Å². The van der Waals surface area contributed by atoms with E-state index >= 15 is 0 Å². The first-order valence-electron chi connectivity index (χ1n) is 3.38.